The standard InChI is InChI=1S/C12H16BrN3O2/c1-8-6-9(13)7-10(14)11(8)15-12(17)16-2-4-18-5-3-16/h6-7H,2-5,14H2,1H3,(H,15,17). The van der Waals surface area contributed by atoms with Crippen molar-refractivity contribution < 1.29 is 9.53 Å². The number of urea groups is 1. The molecule has 2 rings (SSSR count). The maximum atomic E-state index is 12.0. The fraction of sp³-hybridized carbons (Fsp3) is 0.417. The van der Waals surface area contributed by atoms with Gasteiger partial charge in [-0.25, -0.2) is 4.79 Å². The van der Waals surface area contributed by atoms with Gasteiger partial charge in [0, 0.05) is 17.6 Å². The predicted octanol–water partition coefficient (Wildman–Crippen LogP) is 2.20. The summed E-state index contributed by atoms with van der Waals surface area (Å²) < 4.78 is 6.12. The Morgan fingerprint density at radius 3 is 2.72 bits per heavy atom. The van der Waals surface area contributed by atoms with Crippen LogP contribution in [0.3, 0.4) is 0 Å². The molecule has 1 aliphatic rings. The van der Waals surface area contributed by atoms with Crippen molar-refractivity contribution in [1.82, 2.24) is 4.90 Å². The minimum absolute atomic E-state index is 0.129. The molecule has 0 aliphatic carbocycles. The lowest BCUT2D eigenvalue weighted by Crippen LogP contribution is -2.43. The van der Waals surface area contributed by atoms with E-state index in [0.717, 1.165) is 10.0 Å². The summed E-state index contributed by atoms with van der Waals surface area (Å²) in [6.07, 6.45) is 0. The van der Waals surface area contributed by atoms with Gasteiger partial charge in [-0.1, -0.05) is 15.9 Å². The van der Waals surface area contributed by atoms with Gasteiger partial charge >= 0.3 is 6.03 Å². The summed E-state index contributed by atoms with van der Waals surface area (Å²) in [5, 5.41) is 2.86. The molecule has 0 bridgehead atoms. The number of nitrogen functional groups attached to an aromatic ring is 1. The Kier molecular flexibility index (Phi) is 4.08. The van der Waals surface area contributed by atoms with Crippen LogP contribution in [-0.2, 0) is 4.74 Å². The van der Waals surface area contributed by atoms with Crippen LogP contribution in [0.4, 0.5) is 16.2 Å². The Labute approximate surface area is 114 Å². The van der Waals surface area contributed by atoms with E-state index in [2.05, 4.69) is 21.2 Å². The highest BCUT2D eigenvalue weighted by atomic mass is 79.9. The summed E-state index contributed by atoms with van der Waals surface area (Å²) in [7, 11) is 0. The summed E-state index contributed by atoms with van der Waals surface area (Å²) >= 11 is 3.37. The van der Waals surface area contributed by atoms with E-state index in [0.29, 0.717) is 37.7 Å². The number of aryl methyl sites for hydroxylation is 1. The van der Waals surface area contributed by atoms with Crippen LogP contribution < -0.4 is 11.1 Å². The van der Waals surface area contributed by atoms with Crippen LogP contribution in [0.1, 0.15) is 5.56 Å². The van der Waals surface area contributed by atoms with Gasteiger partial charge in [0.1, 0.15) is 0 Å². The van der Waals surface area contributed by atoms with Crippen LogP contribution in [0.5, 0.6) is 0 Å². The first-order valence-corrected chi connectivity index (χ1v) is 6.56. The average molecular weight is 314 g/mol. The van der Waals surface area contributed by atoms with Crippen LogP contribution in [0, 0.1) is 6.92 Å². The van der Waals surface area contributed by atoms with Crippen LogP contribution in [-0.4, -0.2) is 37.2 Å². The number of nitrogens with one attached hydrogen (secondary N) is 1. The molecule has 2 amide bonds. The van der Waals surface area contributed by atoms with Crippen LogP contribution in [0.25, 0.3) is 0 Å². The molecule has 0 aromatic heterocycles. The molecular formula is C12H16BrN3O2. The number of carbonyl (C=O) groups is 1. The highest BCUT2D eigenvalue weighted by molar-refractivity contribution is 9.10. The van der Waals surface area contributed by atoms with E-state index in [1.807, 2.05) is 13.0 Å². The summed E-state index contributed by atoms with van der Waals surface area (Å²) in [6, 6.07) is 3.57. The van der Waals surface area contributed by atoms with E-state index in [4.69, 9.17) is 10.5 Å². The molecule has 98 valence electrons. The van der Waals surface area contributed by atoms with E-state index in [9.17, 15) is 4.79 Å². The van der Waals surface area contributed by atoms with Gasteiger partial charge in [0.2, 0.25) is 0 Å². The van der Waals surface area contributed by atoms with E-state index in [1.165, 1.54) is 0 Å². The van der Waals surface area contributed by atoms with Crippen molar-refractivity contribution >= 4 is 33.3 Å². The smallest absolute Gasteiger partial charge is 0.322 e. The Morgan fingerprint density at radius 1 is 1.44 bits per heavy atom. The maximum absolute atomic E-state index is 12.0. The molecule has 1 aliphatic heterocycles. The number of rotatable bonds is 1. The Morgan fingerprint density at radius 2 is 2.11 bits per heavy atom. The number of nitrogens with two attached hydrogens (primary N) is 1. The molecule has 1 aromatic carbocycles. The average Bonchev–Trinajstić information content (AvgIpc) is 2.34. The van der Waals surface area contributed by atoms with Gasteiger partial charge in [-0.2, -0.15) is 0 Å². The molecule has 1 heterocycles. The van der Waals surface area contributed by atoms with E-state index in [-0.39, 0.29) is 6.03 Å². The molecule has 0 saturated carbocycles. The monoisotopic (exact) mass is 313 g/mol. The normalized spacial score (nSPS) is 15.6. The number of amides is 2. The minimum Gasteiger partial charge on any atom is -0.397 e. The summed E-state index contributed by atoms with van der Waals surface area (Å²) in [6.45, 7) is 4.31. The first-order valence-electron chi connectivity index (χ1n) is 5.77. The number of anilines is 2. The van der Waals surface area contributed by atoms with Crippen molar-refractivity contribution in [2.24, 2.45) is 0 Å². The second-order valence-corrected chi connectivity index (χ2v) is 5.13. The van der Waals surface area contributed by atoms with Crippen molar-refractivity contribution in [2.75, 3.05) is 37.4 Å². The van der Waals surface area contributed by atoms with Crippen molar-refractivity contribution in [3.63, 3.8) is 0 Å². The van der Waals surface area contributed by atoms with E-state index < -0.39 is 0 Å². The quantitative estimate of drug-likeness (QED) is 0.781. The third-order valence-corrected chi connectivity index (χ3v) is 3.32. The van der Waals surface area contributed by atoms with Crippen molar-refractivity contribution in [3.05, 3.63) is 22.2 Å². The van der Waals surface area contributed by atoms with Crippen LogP contribution >= 0.6 is 15.9 Å². The second kappa shape index (κ2) is 5.58. The number of hydrogen-bond acceptors (Lipinski definition) is 3. The molecule has 3 N–H and O–H groups in total. The molecule has 1 fully saturated rings. The third-order valence-electron chi connectivity index (χ3n) is 2.86. The zero-order valence-electron chi connectivity index (χ0n) is 10.2. The Bertz CT molecular complexity index is 436. The van der Waals surface area contributed by atoms with Crippen molar-refractivity contribution in [3.8, 4) is 0 Å². The van der Waals surface area contributed by atoms with Crippen molar-refractivity contribution in [1.29, 1.82) is 0 Å². The Balaban J connectivity index is 2.11. The van der Waals surface area contributed by atoms with Gasteiger partial charge in [-0.3, -0.25) is 0 Å². The SMILES string of the molecule is Cc1cc(Br)cc(N)c1NC(=O)N1CCOCC1. The van der Waals surface area contributed by atoms with E-state index in [1.54, 1.807) is 11.0 Å². The molecular weight excluding hydrogens is 298 g/mol. The molecule has 0 radical (unpaired) electrons. The topological polar surface area (TPSA) is 67.6 Å². The summed E-state index contributed by atoms with van der Waals surface area (Å²) in [4.78, 5) is 13.8. The van der Waals surface area contributed by atoms with Gasteiger partial charge in [-0.05, 0) is 24.6 Å². The third kappa shape index (κ3) is 2.94. The first kappa shape index (κ1) is 13.2. The molecule has 0 atom stereocenters. The summed E-state index contributed by atoms with van der Waals surface area (Å²) in [5.41, 5.74) is 8.08. The number of hydrogen-bond donors (Lipinski definition) is 2. The van der Waals surface area contributed by atoms with Gasteiger partial charge in [0.05, 0.1) is 24.6 Å². The fourth-order valence-corrected chi connectivity index (χ4v) is 2.48. The maximum Gasteiger partial charge on any atom is 0.322 e. The molecule has 0 spiro atoms. The summed E-state index contributed by atoms with van der Waals surface area (Å²) in [5.74, 6) is 0. The Hall–Kier alpha value is -1.27. The molecule has 0 unspecified atom stereocenters. The van der Waals surface area contributed by atoms with Crippen molar-refractivity contribution in [2.45, 2.75) is 6.92 Å². The highest BCUT2D eigenvalue weighted by Gasteiger charge is 2.18. The van der Waals surface area contributed by atoms with E-state index >= 15 is 0 Å². The number of morpholine rings is 1. The number of nitrogens with zero attached hydrogens (tertiary/aromatic N) is 1. The molecule has 1 saturated heterocycles. The first-order chi connectivity index (χ1) is 8.58. The predicted molar refractivity (Wildman–Crippen MR) is 74.7 cm³/mol. The number of halogens is 1. The molecule has 18 heavy (non-hydrogen) atoms. The lowest BCUT2D eigenvalue weighted by Gasteiger charge is -2.27. The zero-order chi connectivity index (χ0) is 13.1. The second-order valence-electron chi connectivity index (χ2n) is 4.22. The highest BCUT2D eigenvalue weighted by Crippen LogP contribution is 2.28. The molecule has 6 heteroatoms. The lowest BCUT2D eigenvalue weighted by atomic mass is 10.1. The van der Waals surface area contributed by atoms with Gasteiger partial charge < -0.3 is 20.7 Å². The molecule has 5 nitrogen and oxygen atoms in total. The largest absolute Gasteiger partial charge is 0.397 e. The van der Waals surface area contributed by atoms with Crippen LogP contribution in [0.2, 0.25) is 0 Å². The molecule has 1 aromatic rings. The van der Waals surface area contributed by atoms with Gasteiger partial charge in [0.25, 0.3) is 0 Å². The number of carbonyl (C=O) groups excluding carboxylic acids is 1. The zero-order valence-corrected chi connectivity index (χ0v) is 11.8. The lowest BCUT2D eigenvalue weighted by molar-refractivity contribution is 0.0564. The minimum atomic E-state index is -0.129. The number of ether oxygens (including phenoxy) is 1. The van der Waals surface area contributed by atoms with Crippen LogP contribution in [0.15, 0.2) is 16.6 Å². The van der Waals surface area contributed by atoms with Gasteiger partial charge in [-0.15, -0.1) is 0 Å². The fourth-order valence-electron chi connectivity index (χ4n) is 1.89. The number of benzene rings is 1. The van der Waals surface area contributed by atoms with Gasteiger partial charge in [0.15, 0.2) is 0 Å².